The second kappa shape index (κ2) is 5.60. The molecule has 1 aliphatic heterocycles. The molecule has 112 valence electrons. The van der Waals surface area contributed by atoms with Crippen LogP contribution in [-0.4, -0.2) is 42.6 Å². The minimum atomic E-state index is -0.948. The van der Waals surface area contributed by atoms with E-state index in [0.29, 0.717) is 24.3 Å². The summed E-state index contributed by atoms with van der Waals surface area (Å²) in [7, 11) is 3.25. The predicted octanol–water partition coefficient (Wildman–Crippen LogP) is 1.83. The van der Waals surface area contributed by atoms with Gasteiger partial charge in [-0.05, 0) is 24.1 Å². The van der Waals surface area contributed by atoms with Crippen molar-refractivity contribution in [3.8, 4) is 5.75 Å². The van der Waals surface area contributed by atoms with E-state index in [4.69, 9.17) is 4.74 Å². The van der Waals surface area contributed by atoms with E-state index in [2.05, 4.69) is 6.58 Å². The van der Waals surface area contributed by atoms with Gasteiger partial charge in [0.25, 0.3) is 0 Å². The number of carbonyl (C=O) groups is 2. The minimum Gasteiger partial charge on any atom is -0.497 e. The third-order valence-corrected chi connectivity index (χ3v) is 4.13. The van der Waals surface area contributed by atoms with Gasteiger partial charge in [0.05, 0.1) is 13.5 Å². The Hall–Kier alpha value is -2.30. The molecular formula is C16H19NO4. The third kappa shape index (κ3) is 2.63. The fourth-order valence-corrected chi connectivity index (χ4v) is 2.84. The molecule has 5 heteroatoms. The van der Waals surface area contributed by atoms with E-state index >= 15 is 0 Å². The number of ether oxygens (including phenoxy) is 1. The first-order chi connectivity index (χ1) is 9.90. The van der Waals surface area contributed by atoms with Crippen molar-refractivity contribution in [2.75, 3.05) is 20.7 Å². The number of piperidine rings is 1. The molecule has 2 rings (SSSR count). The molecule has 1 amide bonds. The smallest absolute Gasteiger partial charge is 0.304 e. The quantitative estimate of drug-likeness (QED) is 0.859. The number of aliphatic carboxylic acids is 1. The summed E-state index contributed by atoms with van der Waals surface area (Å²) in [5, 5.41) is 9.29. The molecule has 0 aliphatic carbocycles. The van der Waals surface area contributed by atoms with Crippen molar-refractivity contribution >= 4 is 11.9 Å². The van der Waals surface area contributed by atoms with Crippen LogP contribution in [0.2, 0.25) is 0 Å². The Labute approximate surface area is 123 Å². The highest BCUT2D eigenvalue weighted by atomic mass is 16.5. The van der Waals surface area contributed by atoms with Crippen molar-refractivity contribution in [1.29, 1.82) is 0 Å². The van der Waals surface area contributed by atoms with Crippen molar-refractivity contribution < 1.29 is 19.4 Å². The normalized spacial score (nSPS) is 22.3. The number of rotatable bonds is 4. The average Bonchev–Trinajstić information content (AvgIpc) is 2.48. The maximum atomic E-state index is 12.3. The Morgan fingerprint density at radius 2 is 2.24 bits per heavy atom. The Balaban J connectivity index is 2.54. The Bertz CT molecular complexity index is 596. The second-order valence-corrected chi connectivity index (χ2v) is 5.34. The van der Waals surface area contributed by atoms with Gasteiger partial charge < -0.3 is 14.7 Å². The molecule has 1 saturated heterocycles. The lowest BCUT2D eigenvalue weighted by Crippen LogP contribution is -2.47. The molecule has 0 bridgehead atoms. The summed E-state index contributed by atoms with van der Waals surface area (Å²) in [5.74, 6) is -0.516. The lowest BCUT2D eigenvalue weighted by Gasteiger charge is -2.41. The second-order valence-electron chi connectivity index (χ2n) is 5.34. The lowest BCUT2D eigenvalue weighted by molar-refractivity contribution is -0.139. The Kier molecular flexibility index (Phi) is 4.02. The largest absolute Gasteiger partial charge is 0.497 e. The predicted molar refractivity (Wildman–Crippen MR) is 78.3 cm³/mol. The average molecular weight is 289 g/mol. The number of carbonyl (C=O) groups excluding carboxylic acids is 1. The Morgan fingerprint density at radius 1 is 1.52 bits per heavy atom. The van der Waals surface area contributed by atoms with E-state index in [-0.39, 0.29) is 12.3 Å². The van der Waals surface area contributed by atoms with Crippen molar-refractivity contribution in [2.45, 2.75) is 18.3 Å². The van der Waals surface area contributed by atoms with Crippen LogP contribution in [0.1, 0.15) is 18.4 Å². The topological polar surface area (TPSA) is 66.8 Å². The van der Waals surface area contributed by atoms with Crippen molar-refractivity contribution in [3.63, 3.8) is 0 Å². The number of hydrogen-bond donors (Lipinski definition) is 1. The molecule has 1 unspecified atom stereocenters. The van der Waals surface area contributed by atoms with Crippen LogP contribution in [0.4, 0.5) is 0 Å². The zero-order valence-corrected chi connectivity index (χ0v) is 12.3. The first-order valence-corrected chi connectivity index (χ1v) is 6.72. The first-order valence-electron chi connectivity index (χ1n) is 6.72. The van der Waals surface area contributed by atoms with Crippen LogP contribution in [-0.2, 0) is 15.0 Å². The van der Waals surface area contributed by atoms with E-state index in [1.165, 1.54) is 0 Å². The van der Waals surface area contributed by atoms with Gasteiger partial charge >= 0.3 is 5.97 Å². The highest BCUT2D eigenvalue weighted by Gasteiger charge is 2.44. The van der Waals surface area contributed by atoms with Crippen LogP contribution in [0.5, 0.6) is 5.75 Å². The maximum absolute atomic E-state index is 12.3. The minimum absolute atomic E-state index is 0.154. The number of methoxy groups -OCH3 is 1. The summed E-state index contributed by atoms with van der Waals surface area (Å²) in [5.41, 5.74) is 0.215. The van der Waals surface area contributed by atoms with E-state index in [0.717, 1.165) is 5.56 Å². The summed E-state index contributed by atoms with van der Waals surface area (Å²) >= 11 is 0. The van der Waals surface area contributed by atoms with Crippen LogP contribution in [0.3, 0.4) is 0 Å². The van der Waals surface area contributed by atoms with Gasteiger partial charge in [0.2, 0.25) is 5.91 Å². The van der Waals surface area contributed by atoms with E-state index in [1.807, 2.05) is 6.07 Å². The highest BCUT2D eigenvalue weighted by molar-refractivity contribution is 5.97. The fraction of sp³-hybridized carbons (Fsp3) is 0.375. The van der Waals surface area contributed by atoms with Crippen molar-refractivity contribution in [1.82, 2.24) is 4.90 Å². The molecule has 1 aromatic carbocycles. The molecule has 21 heavy (non-hydrogen) atoms. The summed E-state index contributed by atoms with van der Waals surface area (Å²) < 4.78 is 5.21. The van der Waals surface area contributed by atoms with Gasteiger partial charge in [-0.15, -0.1) is 0 Å². The summed E-state index contributed by atoms with van der Waals surface area (Å²) in [6, 6.07) is 7.20. The summed E-state index contributed by atoms with van der Waals surface area (Å²) in [4.78, 5) is 25.2. The van der Waals surface area contributed by atoms with Crippen LogP contribution in [0.15, 0.2) is 36.4 Å². The van der Waals surface area contributed by atoms with Crippen LogP contribution in [0, 0.1) is 0 Å². The third-order valence-electron chi connectivity index (χ3n) is 4.13. The zero-order valence-electron chi connectivity index (χ0n) is 12.3. The number of hydrogen-bond acceptors (Lipinski definition) is 3. The molecule has 0 aromatic heterocycles. The molecule has 1 aromatic rings. The molecule has 1 heterocycles. The number of likely N-dealkylation sites (tertiary alicyclic amines) is 1. The maximum Gasteiger partial charge on any atom is 0.304 e. The molecule has 1 fully saturated rings. The molecule has 0 radical (unpaired) electrons. The summed E-state index contributed by atoms with van der Waals surface area (Å²) in [6.07, 6.45) is 0.381. The van der Waals surface area contributed by atoms with Gasteiger partial charge in [0, 0.05) is 24.6 Å². The molecule has 1 aliphatic rings. The first kappa shape index (κ1) is 15.1. The zero-order chi connectivity index (χ0) is 15.6. The van der Waals surface area contributed by atoms with Crippen LogP contribution >= 0.6 is 0 Å². The van der Waals surface area contributed by atoms with Gasteiger partial charge in [-0.3, -0.25) is 9.59 Å². The van der Waals surface area contributed by atoms with Gasteiger partial charge in [-0.2, -0.15) is 0 Å². The van der Waals surface area contributed by atoms with Crippen molar-refractivity contribution in [3.05, 3.63) is 42.0 Å². The molecule has 0 spiro atoms. The SMILES string of the molecule is C=C1C(=O)N(C)CCC1(CC(=O)O)c1cccc(OC)c1. The van der Waals surface area contributed by atoms with E-state index in [1.54, 1.807) is 37.3 Å². The van der Waals surface area contributed by atoms with Gasteiger partial charge in [0.15, 0.2) is 0 Å². The van der Waals surface area contributed by atoms with Gasteiger partial charge in [0.1, 0.15) is 5.75 Å². The number of amides is 1. The van der Waals surface area contributed by atoms with Crippen LogP contribution in [0.25, 0.3) is 0 Å². The molecule has 1 atom stereocenters. The monoisotopic (exact) mass is 289 g/mol. The van der Waals surface area contributed by atoms with E-state index < -0.39 is 11.4 Å². The summed E-state index contributed by atoms with van der Waals surface area (Å²) in [6.45, 7) is 4.39. The van der Waals surface area contributed by atoms with Gasteiger partial charge in [-0.1, -0.05) is 18.7 Å². The standard InChI is InChI=1S/C16H19NO4/c1-11-15(20)17(2)8-7-16(11,10-14(18)19)12-5-4-6-13(9-12)21-3/h4-6,9H,1,7-8,10H2,2-3H3,(H,18,19). The molecular weight excluding hydrogens is 270 g/mol. The van der Waals surface area contributed by atoms with E-state index in [9.17, 15) is 14.7 Å². The van der Waals surface area contributed by atoms with Crippen molar-refractivity contribution in [2.24, 2.45) is 0 Å². The lowest BCUT2D eigenvalue weighted by atomic mass is 9.67. The number of benzene rings is 1. The Morgan fingerprint density at radius 3 is 2.86 bits per heavy atom. The number of carboxylic acids is 1. The molecule has 5 nitrogen and oxygen atoms in total. The number of carboxylic acid groups (broad SMARTS) is 1. The molecule has 0 saturated carbocycles. The number of likely N-dealkylation sites (N-methyl/N-ethyl adjacent to an activating group) is 1. The highest BCUT2D eigenvalue weighted by Crippen LogP contribution is 2.42. The fourth-order valence-electron chi connectivity index (χ4n) is 2.84. The number of nitrogens with zero attached hydrogens (tertiary/aromatic N) is 1. The van der Waals surface area contributed by atoms with Crippen LogP contribution < -0.4 is 4.74 Å². The van der Waals surface area contributed by atoms with Gasteiger partial charge in [-0.25, -0.2) is 0 Å². The molecule has 1 N–H and O–H groups in total.